The van der Waals surface area contributed by atoms with E-state index in [1.807, 2.05) is 6.21 Å². The number of hydrazone groups is 1. The molecule has 3 heteroatoms. The molecule has 2 aromatic carbocycles. The Morgan fingerprint density at radius 2 is 1.58 bits per heavy atom. The van der Waals surface area contributed by atoms with Gasteiger partial charge in [0.2, 0.25) is 0 Å². The molecular weight excluding hydrogens is 294 g/mol. The van der Waals surface area contributed by atoms with Crippen LogP contribution in [0, 0.1) is 6.92 Å². The molecule has 2 aromatic rings. The Bertz CT molecular complexity index is 650. The number of aryl methyl sites for hydroxylation is 2. The van der Waals surface area contributed by atoms with Crippen molar-refractivity contribution in [2.24, 2.45) is 5.10 Å². The second kappa shape index (κ2) is 8.11. The van der Waals surface area contributed by atoms with Crippen molar-refractivity contribution in [1.82, 2.24) is 5.01 Å². The molecule has 0 aliphatic carbocycles. The van der Waals surface area contributed by atoms with Crippen LogP contribution in [0.5, 0.6) is 0 Å². The van der Waals surface area contributed by atoms with Crippen LogP contribution in [0.2, 0.25) is 0 Å². The first-order valence-corrected chi connectivity index (χ1v) is 9.00. The number of piperazine rings is 1. The van der Waals surface area contributed by atoms with Crippen LogP contribution in [0.4, 0.5) is 0 Å². The first-order valence-electron chi connectivity index (χ1n) is 9.00. The molecule has 0 saturated carbocycles. The van der Waals surface area contributed by atoms with Crippen molar-refractivity contribution in [3.05, 3.63) is 70.8 Å². The van der Waals surface area contributed by atoms with Gasteiger partial charge in [0.1, 0.15) is 6.54 Å². The van der Waals surface area contributed by atoms with E-state index in [0.717, 1.165) is 39.1 Å². The molecule has 0 radical (unpaired) electrons. The predicted octanol–water partition coefficient (Wildman–Crippen LogP) is 2.29. The SMILES string of the molecule is CCc1ccc(C=NN2CC[NH+](Cc3ccc(C)cc3)CC2)cc1. The summed E-state index contributed by atoms with van der Waals surface area (Å²) in [4.78, 5) is 1.65. The highest BCUT2D eigenvalue weighted by Crippen LogP contribution is 2.04. The molecule has 1 N–H and O–H groups in total. The van der Waals surface area contributed by atoms with Crippen molar-refractivity contribution in [3.63, 3.8) is 0 Å². The standard InChI is InChI=1S/C21H27N3/c1-3-19-8-10-20(11-9-19)16-22-24-14-12-23(13-15-24)17-21-6-4-18(2)5-7-21/h4-11,16H,3,12-15,17H2,1-2H3/p+1. The molecule has 126 valence electrons. The highest BCUT2D eigenvalue weighted by atomic mass is 15.5. The summed E-state index contributed by atoms with van der Waals surface area (Å²) in [6.45, 7) is 9.82. The number of rotatable bonds is 5. The van der Waals surface area contributed by atoms with E-state index in [0.29, 0.717) is 0 Å². The van der Waals surface area contributed by atoms with Gasteiger partial charge < -0.3 is 4.90 Å². The van der Waals surface area contributed by atoms with Crippen LogP contribution in [0.25, 0.3) is 0 Å². The van der Waals surface area contributed by atoms with E-state index in [2.05, 4.69) is 72.5 Å². The van der Waals surface area contributed by atoms with Crippen LogP contribution in [0.15, 0.2) is 53.6 Å². The first kappa shape index (κ1) is 16.7. The Morgan fingerprint density at radius 1 is 0.958 bits per heavy atom. The summed E-state index contributed by atoms with van der Waals surface area (Å²) in [6.07, 6.45) is 3.08. The third-order valence-corrected chi connectivity index (χ3v) is 4.78. The minimum Gasteiger partial charge on any atom is -0.328 e. The minimum absolute atomic E-state index is 1.03. The van der Waals surface area contributed by atoms with Gasteiger partial charge in [-0.05, 0) is 24.5 Å². The van der Waals surface area contributed by atoms with Crippen LogP contribution in [-0.2, 0) is 13.0 Å². The zero-order chi connectivity index (χ0) is 16.8. The molecule has 1 aliphatic heterocycles. The normalized spacial score (nSPS) is 16.0. The van der Waals surface area contributed by atoms with E-state index in [4.69, 9.17) is 0 Å². The molecule has 0 amide bonds. The van der Waals surface area contributed by atoms with Gasteiger partial charge in [0.15, 0.2) is 0 Å². The first-order chi connectivity index (χ1) is 11.7. The van der Waals surface area contributed by atoms with Gasteiger partial charge in [0.25, 0.3) is 0 Å². The fraction of sp³-hybridized carbons (Fsp3) is 0.381. The summed E-state index contributed by atoms with van der Waals surface area (Å²) in [5.41, 5.74) is 5.32. The fourth-order valence-electron chi connectivity index (χ4n) is 3.09. The maximum atomic E-state index is 4.66. The van der Waals surface area contributed by atoms with Crippen molar-refractivity contribution in [2.45, 2.75) is 26.8 Å². The lowest BCUT2D eigenvalue weighted by Crippen LogP contribution is -3.13. The van der Waals surface area contributed by atoms with E-state index in [9.17, 15) is 0 Å². The summed E-state index contributed by atoms with van der Waals surface area (Å²) in [6, 6.07) is 17.6. The van der Waals surface area contributed by atoms with Crippen molar-refractivity contribution in [3.8, 4) is 0 Å². The summed E-state index contributed by atoms with van der Waals surface area (Å²) in [7, 11) is 0. The maximum absolute atomic E-state index is 4.66. The average Bonchev–Trinajstić information content (AvgIpc) is 2.63. The largest absolute Gasteiger partial charge is 0.328 e. The molecule has 0 atom stereocenters. The third kappa shape index (κ3) is 4.68. The van der Waals surface area contributed by atoms with E-state index in [1.165, 1.54) is 22.3 Å². The topological polar surface area (TPSA) is 20.0 Å². The molecule has 0 unspecified atom stereocenters. The maximum Gasteiger partial charge on any atom is 0.103 e. The number of quaternary nitrogens is 1. The number of hydrogen-bond donors (Lipinski definition) is 1. The summed E-state index contributed by atoms with van der Waals surface area (Å²) in [5.74, 6) is 0. The van der Waals surface area contributed by atoms with E-state index in [1.54, 1.807) is 4.90 Å². The lowest BCUT2D eigenvalue weighted by molar-refractivity contribution is -0.918. The van der Waals surface area contributed by atoms with E-state index in [-0.39, 0.29) is 0 Å². The summed E-state index contributed by atoms with van der Waals surface area (Å²) < 4.78 is 0. The smallest absolute Gasteiger partial charge is 0.103 e. The lowest BCUT2D eigenvalue weighted by atomic mass is 10.1. The van der Waals surface area contributed by atoms with Gasteiger partial charge in [-0.1, -0.05) is 61.0 Å². The molecule has 24 heavy (non-hydrogen) atoms. The van der Waals surface area contributed by atoms with Crippen molar-refractivity contribution in [1.29, 1.82) is 0 Å². The minimum atomic E-state index is 1.03. The Balaban J connectivity index is 1.47. The molecule has 1 fully saturated rings. The van der Waals surface area contributed by atoms with E-state index < -0.39 is 0 Å². The Morgan fingerprint density at radius 3 is 2.21 bits per heavy atom. The fourth-order valence-corrected chi connectivity index (χ4v) is 3.09. The average molecular weight is 322 g/mol. The van der Waals surface area contributed by atoms with Crippen LogP contribution in [0.3, 0.4) is 0 Å². The molecule has 0 aromatic heterocycles. The van der Waals surface area contributed by atoms with Gasteiger partial charge in [0, 0.05) is 5.56 Å². The molecule has 3 rings (SSSR count). The van der Waals surface area contributed by atoms with Crippen molar-refractivity contribution >= 4 is 6.21 Å². The van der Waals surface area contributed by atoms with Gasteiger partial charge in [-0.15, -0.1) is 0 Å². The van der Waals surface area contributed by atoms with Crippen molar-refractivity contribution < 1.29 is 4.90 Å². The monoisotopic (exact) mass is 322 g/mol. The Hall–Kier alpha value is -2.13. The Labute approximate surface area is 145 Å². The second-order valence-corrected chi connectivity index (χ2v) is 6.71. The molecule has 1 heterocycles. The molecular formula is C21H28N3+. The van der Waals surface area contributed by atoms with Crippen LogP contribution in [-0.4, -0.2) is 37.4 Å². The summed E-state index contributed by atoms with van der Waals surface area (Å²) in [5, 5.41) is 6.86. The number of benzene rings is 2. The zero-order valence-corrected chi connectivity index (χ0v) is 14.8. The van der Waals surface area contributed by atoms with Crippen LogP contribution < -0.4 is 4.90 Å². The van der Waals surface area contributed by atoms with Gasteiger partial charge >= 0.3 is 0 Å². The van der Waals surface area contributed by atoms with Crippen LogP contribution >= 0.6 is 0 Å². The predicted molar refractivity (Wildman–Crippen MR) is 101 cm³/mol. The van der Waals surface area contributed by atoms with Crippen molar-refractivity contribution in [2.75, 3.05) is 26.2 Å². The summed E-state index contributed by atoms with van der Waals surface area (Å²) >= 11 is 0. The molecule has 1 saturated heterocycles. The van der Waals surface area contributed by atoms with E-state index >= 15 is 0 Å². The molecule has 1 aliphatic rings. The molecule has 3 nitrogen and oxygen atoms in total. The quantitative estimate of drug-likeness (QED) is 0.838. The molecule has 0 spiro atoms. The van der Waals surface area contributed by atoms with Gasteiger partial charge in [-0.3, -0.25) is 5.01 Å². The number of hydrogen-bond acceptors (Lipinski definition) is 2. The highest BCUT2D eigenvalue weighted by Gasteiger charge is 2.18. The highest BCUT2D eigenvalue weighted by molar-refractivity contribution is 5.79. The number of nitrogens with one attached hydrogen (secondary N) is 1. The molecule has 0 bridgehead atoms. The Kier molecular flexibility index (Phi) is 5.65. The second-order valence-electron chi connectivity index (χ2n) is 6.71. The van der Waals surface area contributed by atoms with Gasteiger partial charge in [-0.25, -0.2) is 0 Å². The van der Waals surface area contributed by atoms with Gasteiger partial charge in [0.05, 0.1) is 32.4 Å². The third-order valence-electron chi connectivity index (χ3n) is 4.78. The van der Waals surface area contributed by atoms with Crippen LogP contribution in [0.1, 0.15) is 29.2 Å². The van der Waals surface area contributed by atoms with Gasteiger partial charge in [-0.2, -0.15) is 5.10 Å². The zero-order valence-electron chi connectivity index (χ0n) is 14.8. The number of nitrogens with zero attached hydrogens (tertiary/aromatic N) is 2. The lowest BCUT2D eigenvalue weighted by Gasteiger charge is -2.30.